The van der Waals surface area contributed by atoms with E-state index in [0.717, 1.165) is 5.56 Å². The SMILES string of the molecule is COc1ccc(Cc2c(C)[nH]c(=O)[nH]c2=O)c(OC)c1. The van der Waals surface area contributed by atoms with Crippen LogP contribution in [-0.4, -0.2) is 24.2 Å². The van der Waals surface area contributed by atoms with Crippen LogP contribution in [-0.2, 0) is 6.42 Å². The van der Waals surface area contributed by atoms with Gasteiger partial charge in [0.1, 0.15) is 11.5 Å². The van der Waals surface area contributed by atoms with Crippen molar-refractivity contribution in [3.63, 3.8) is 0 Å². The molecule has 2 rings (SSSR count). The molecular weight excluding hydrogens is 260 g/mol. The lowest BCUT2D eigenvalue weighted by molar-refractivity contribution is 0.391. The van der Waals surface area contributed by atoms with Crippen molar-refractivity contribution in [2.45, 2.75) is 13.3 Å². The van der Waals surface area contributed by atoms with Gasteiger partial charge in [0, 0.05) is 23.7 Å². The number of nitrogens with one attached hydrogen (secondary N) is 2. The maximum Gasteiger partial charge on any atom is 0.325 e. The summed E-state index contributed by atoms with van der Waals surface area (Å²) in [5.41, 5.74) is 1.01. The van der Waals surface area contributed by atoms with Gasteiger partial charge in [-0.3, -0.25) is 9.78 Å². The van der Waals surface area contributed by atoms with Gasteiger partial charge in [-0.05, 0) is 18.6 Å². The van der Waals surface area contributed by atoms with E-state index in [2.05, 4.69) is 9.97 Å². The third-order valence-electron chi connectivity index (χ3n) is 3.12. The molecule has 0 saturated heterocycles. The molecule has 6 nitrogen and oxygen atoms in total. The molecule has 0 saturated carbocycles. The van der Waals surface area contributed by atoms with E-state index in [1.807, 2.05) is 6.07 Å². The van der Waals surface area contributed by atoms with Crippen LogP contribution in [0.4, 0.5) is 0 Å². The molecule has 20 heavy (non-hydrogen) atoms. The topological polar surface area (TPSA) is 84.2 Å². The Morgan fingerprint density at radius 1 is 1.10 bits per heavy atom. The van der Waals surface area contributed by atoms with E-state index in [4.69, 9.17) is 9.47 Å². The maximum absolute atomic E-state index is 11.8. The zero-order valence-corrected chi connectivity index (χ0v) is 11.6. The third-order valence-corrected chi connectivity index (χ3v) is 3.12. The minimum Gasteiger partial charge on any atom is -0.497 e. The van der Waals surface area contributed by atoms with Crippen molar-refractivity contribution in [1.82, 2.24) is 9.97 Å². The van der Waals surface area contributed by atoms with Crippen LogP contribution in [0.3, 0.4) is 0 Å². The highest BCUT2D eigenvalue weighted by atomic mass is 16.5. The Labute approximate surface area is 115 Å². The van der Waals surface area contributed by atoms with Crippen molar-refractivity contribution in [3.05, 3.63) is 55.9 Å². The number of hydrogen-bond donors (Lipinski definition) is 2. The predicted molar refractivity (Wildman–Crippen MR) is 74.8 cm³/mol. The Bertz CT molecular complexity index is 731. The first kappa shape index (κ1) is 13.9. The highest BCUT2D eigenvalue weighted by Gasteiger charge is 2.11. The van der Waals surface area contributed by atoms with E-state index in [-0.39, 0.29) is 5.56 Å². The largest absolute Gasteiger partial charge is 0.497 e. The van der Waals surface area contributed by atoms with Gasteiger partial charge in [-0.25, -0.2) is 4.79 Å². The summed E-state index contributed by atoms with van der Waals surface area (Å²) < 4.78 is 10.4. The standard InChI is InChI=1S/C14H16N2O4/c1-8-11(13(17)16-14(18)15-8)6-9-4-5-10(19-2)7-12(9)20-3/h4-5,7H,6H2,1-3H3,(H2,15,16,17,18). The molecule has 0 fully saturated rings. The maximum atomic E-state index is 11.8. The number of aryl methyl sites for hydroxylation is 1. The van der Waals surface area contributed by atoms with E-state index >= 15 is 0 Å². The Kier molecular flexibility index (Phi) is 3.93. The number of aromatic amines is 2. The van der Waals surface area contributed by atoms with Gasteiger partial charge in [-0.15, -0.1) is 0 Å². The second kappa shape index (κ2) is 5.64. The molecule has 1 heterocycles. The van der Waals surface area contributed by atoms with Gasteiger partial charge in [-0.2, -0.15) is 0 Å². The molecule has 0 unspecified atom stereocenters. The van der Waals surface area contributed by atoms with E-state index < -0.39 is 5.69 Å². The van der Waals surface area contributed by atoms with Gasteiger partial charge >= 0.3 is 5.69 Å². The molecule has 1 aromatic heterocycles. The van der Waals surface area contributed by atoms with Crippen LogP contribution in [0.15, 0.2) is 27.8 Å². The zero-order valence-electron chi connectivity index (χ0n) is 11.6. The summed E-state index contributed by atoms with van der Waals surface area (Å²) in [7, 11) is 3.13. The Morgan fingerprint density at radius 2 is 1.85 bits per heavy atom. The first-order valence-corrected chi connectivity index (χ1v) is 6.08. The Hall–Kier alpha value is -2.50. The molecule has 0 spiro atoms. The van der Waals surface area contributed by atoms with Crippen molar-refractivity contribution >= 4 is 0 Å². The number of hydrogen-bond acceptors (Lipinski definition) is 4. The van der Waals surface area contributed by atoms with Gasteiger partial charge in [0.2, 0.25) is 0 Å². The fourth-order valence-corrected chi connectivity index (χ4v) is 2.03. The average molecular weight is 276 g/mol. The molecule has 2 aromatic rings. The summed E-state index contributed by atoms with van der Waals surface area (Å²) >= 11 is 0. The Balaban J connectivity index is 2.45. The lowest BCUT2D eigenvalue weighted by Crippen LogP contribution is -2.27. The molecule has 2 N–H and O–H groups in total. The van der Waals surface area contributed by atoms with Crippen LogP contribution in [0.2, 0.25) is 0 Å². The first-order valence-electron chi connectivity index (χ1n) is 6.08. The molecule has 0 aliphatic carbocycles. The fraction of sp³-hybridized carbons (Fsp3) is 0.286. The molecule has 6 heteroatoms. The molecule has 0 atom stereocenters. The van der Waals surface area contributed by atoms with Crippen LogP contribution in [0.25, 0.3) is 0 Å². The van der Waals surface area contributed by atoms with Crippen molar-refractivity contribution in [2.75, 3.05) is 14.2 Å². The van der Waals surface area contributed by atoms with Gasteiger partial charge in [0.05, 0.1) is 14.2 Å². The van der Waals surface area contributed by atoms with Crippen LogP contribution < -0.4 is 20.7 Å². The minimum absolute atomic E-state index is 0.366. The number of rotatable bonds is 4. The van der Waals surface area contributed by atoms with E-state index in [1.165, 1.54) is 0 Å². The zero-order chi connectivity index (χ0) is 14.7. The normalized spacial score (nSPS) is 10.3. The number of aromatic nitrogens is 2. The summed E-state index contributed by atoms with van der Waals surface area (Å²) in [6.45, 7) is 1.70. The molecular formula is C14H16N2O4. The second-order valence-corrected chi connectivity index (χ2v) is 4.37. The second-order valence-electron chi connectivity index (χ2n) is 4.37. The predicted octanol–water partition coefficient (Wildman–Crippen LogP) is 0.980. The fourth-order valence-electron chi connectivity index (χ4n) is 2.03. The lowest BCUT2D eigenvalue weighted by Gasteiger charge is -2.11. The van der Waals surface area contributed by atoms with Crippen LogP contribution >= 0.6 is 0 Å². The number of ether oxygens (including phenoxy) is 2. The average Bonchev–Trinajstić information content (AvgIpc) is 2.42. The first-order chi connectivity index (χ1) is 9.55. The molecule has 0 aliphatic heterocycles. The van der Waals surface area contributed by atoms with Gasteiger partial charge in [0.15, 0.2) is 0 Å². The van der Waals surface area contributed by atoms with Gasteiger partial charge in [0.25, 0.3) is 5.56 Å². The smallest absolute Gasteiger partial charge is 0.325 e. The van der Waals surface area contributed by atoms with Crippen LogP contribution in [0, 0.1) is 6.92 Å². The van der Waals surface area contributed by atoms with Gasteiger partial charge in [-0.1, -0.05) is 6.07 Å². The van der Waals surface area contributed by atoms with E-state index in [0.29, 0.717) is 29.2 Å². The summed E-state index contributed by atoms with van der Waals surface area (Å²) in [4.78, 5) is 27.8. The molecule has 1 aromatic carbocycles. The van der Waals surface area contributed by atoms with Crippen LogP contribution in [0.1, 0.15) is 16.8 Å². The lowest BCUT2D eigenvalue weighted by atomic mass is 10.0. The molecule has 0 bridgehead atoms. The Morgan fingerprint density at radius 3 is 2.45 bits per heavy atom. The van der Waals surface area contributed by atoms with E-state index in [9.17, 15) is 9.59 Å². The molecule has 0 amide bonds. The van der Waals surface area contributed by atoms with Gasteiger partial charge < -0.3 is 14.5 Å². The molecule has 0 radical (unpaired) electrons. The van der Waals surface area contributed by atoms with Crippen molar-refractivity contribution in [3.8, 4) is 11.5 Å². The molecule has 0 aliphatic rings. The van der Waals surface area contributed by atoms with Crippen molar-refractivity contribution < 1.29 is 9.47 Å². The van der Waals surface area contributed by atoms with E-state index in [1.54, 1.807) is 33.3 Å². The number of H-pyrrole nitrogens is 2. The highest BCUT2D eigenvalue weighted by Crippen LogP contribution is 2.26. The minimum atomic E-state index is -0.502. The monoisotopic (exact) mass is 276 g/mol. The summed E-state index contributed by atoms with van der Waals surface area (Å²) in [6, 6.07) is 5.39. The number of methoxy groups -OCH3 is 2. The highest BCUT2D eigenvalue weighted by molar-refractivity contribution is 5.43. The molecule has 106 valence electrons. The third kappa shape index (κ3) is 2.74. The van der Waals surface area contributed by atoms with Crippen molar-refractivity contribution in [1.29, 1.82) is 0 Å². The quantitative estimate of drug-likeness (QED) is 0.871. The summed E-state index contributed by atoms with van der Waals surface area (Å²) in [5, 5.41) is 0. The summed E-state index contributed by atoms with van der Waals surface area (Å²) in [5.74, 6) is 1.31. The number of benzene rings is 1. The summed E-state index contributed by atoms with van der Waals surface area (Å²) in [6.07, 6.45) is 0.366. The van der Waals surface area contributed by atoms with Crippen molar-refractivity contribution in [2.24, 2.45) is 0 Å². The van der Waals surface area contributed by atoms with Crippen LogP contribution in [0.5, 0.6) is 11.5 Å².